The lowest BCUT2D eigenvalue weighted by atomic mass is 10.2. The second-order valence-corrected chi connectivity index (χ2v) is 5.37. The highest BCUT2D eigenvalue weighted by atomic mass is 32.2. The molecule has 5 nitrogen and oxygen atoms in total. The summed E-state index contributed by atoms with van der Waals surface area (Å²) >= 11 is 1.51. The Kier molecular flexibility index (Phi) is 3.39. The van der Waals surface area contributed by atoms with Crippen LogP contribution in [0, 0.1) is 6.92 Å². The van der Waals surface area contributed by atoms with Crippen LogP contribution in [0.2, 0.25) is 0 Å². The Morgan fingerprint density at radius 3 is 2.65 bits per heavy atom. The number of rotatable bonds is 3. The van der Waals surface area contributed by atoms with E-state index in [9.17, 15) is 0 Å². The molecule has 0 aliphatic heterocycles. The van der Waals surface area contributed by atoms with Crippen LogP contribution >= 0.6 is 11.8 Å². The standard InChI is InChI=1S/C14H13N5S/c1-10-9-12(7-8-13(10)15)20-14-16-17-18-19(14)11-5-3-2-4-6-11/h2-9H,15H2,1H3. The minimum Gasteiger partial charge on any atom is -0.399 e. The average molecular weight is 283 g/mol. The molecule has 0 unspecified atom stereocenters. The summed E-state index contributed by atoms with van der Waals surface area (Å²) in [4.78, 5) is 1.06. The van der Waals surface area contributed by atoms with E-state index in [1.807, 2.05) is 55.5 Å². The van der Waals surface area contributed by atoms with Crippen molar-refractivity contribution in [2.24, 2.45) is 0 Å². The largest absolute Gasteiger partial charge is 0.399 e. The summed E-state index contributed by atoms with van der Waals surface area (Å²) in [6.45, 7) is 1.99. The Hall–Kier alpha value is -2.34. The molecule has 0 aliphatic carbocycles. The fraction of sp³-hybridized carbons (Fsp3) is 0.0714. The smallest absolute Gasteiger partial charge is 0.218 e. The van der Waals surface area contributed by atoms with Gasteiger partial charge in [0.25, 0.3) is 0 Å². The quantitative estimate of drug-likeness (QED) is 0.748. The molecule has 2 aromatic carbocycles. The van der Waals surface area contributed by atoms with Crippen molar-refractivity contribution in [1.29, 1.82) is 0 Å². The van der Waals surface area contributed by atoms with Crippen molar-refractivity contribution in [2.45, 2.75) is 17.0 Å². The predicted molar refractivity (Wildman–Crippen MR) is 78.9 cm³/mol. The van der Waals surface area contributed by atoms with Crippen molar-refractivity contribution in [1.82, 2.24) is 20.2 Å². The zero-order chi connectivity index (χ0) is 13.9. The van der Waals surface area contributed by atoms with Gasteiger partial charge in [0.05, 0.1) is 5.69 Å². The molecule has 0 aliphatic rings. The van der Waals surface area contributed by atoms with Crippen molar-refractivity contribution in [3.05, 3.63) is 54.1 Å². The molecule has 0 amide bonds. The summed E-state index contributed by atoms with van der Waals surface area (Å²) in [6, 6.07) is 15.7. The maximum absolute atomic E-state index is 5.83. The number of nitrogens with two attached hydrogens (primary N) is 1. The first-order chi connectivity index (χ1) is 9.74. The fourth-order valence-electron chi connectivity index (χ4n) is 1.79. The highest BCUT2D eigenvalue weighted by molar-refractivity contribution is 7.99. The minimum absolute atomic E-state index is 0.723. The molecule has 0 spiro atoms. The number of hydrogen-bond acceptors (Lipinski definition) is 5. The molecule has 0 saturated heterocycles. The van der Waals surface area contributed by atoms with E-state index in [-0.39, 0.29) is 0 Å². The Balaban J connectivity index is 1.92. The van der Waals surface area contributed by atoms with E-state index in [4.69, 9.17) is 5.73 Å². The van der Waals surface area contributed by atoms with Crippen LogP contribution in [0.5, 0.6) is 0 Å². The summed E-state index contributed by atoms with van der Waals surface area (Å²) in [5.74, 6) is 0. The van der Waals surface area contributed by atoms with Crippen LogP contribution < -0.4 is 5.73 Å². The summed E-state index contributed by atoms with van der Waals surface area (Å²) in [5, 5.41) is 12.6. The number of nitrogen functional groups attached to an aromatic ring is 1. The molecular formula is C14H13N5S. The zero-order valence-corrected chi connectivity index (χ0v) is 11.7. The first kappa shape index (κ1) is 12.7. The molecular weight excluding hydrogens is 270 g/mol. The highest BCUT2D eigenvalue weighted by Gasteiger charge is 2.10. The molecule has 2 N–H and O–H groups in total. The van der Waals surface area contributed by atoms with Crippen LogP contribution in [0.4, 0.5) is 5.69 Å². The number of benzene rings is 2. The Bertz CT molecular complexity index is 723. The van der Waals surface area contributed by atoms with Gasteiger partial charge in [-0.25, -0.2) is 0 Å². The van der Waals surface area contributed by atoms with Gasteiger partial charge in [0.2, 0.25) is 5.16 Å². The van der Waals surface area contributed by atoms with Gasteiger partial charge in [-0.15, -0.1) is 5.10 Å². The Morgan fingerprint density at radius 2 is 1.90 bits per heavy atom. The first-order valence-corrected chi connectivity index (χ1v) is 6.93. The van der Waals surface area contributed by atoms with Crippen molar-refractivity contribution in [3.63, 3.8) is 0 Å². The van der Waals surface area contributed by atoms with Crippen molar-refractivity contribution in [2.75, 3.05) is 5.73 Å². The molecule has 100 valence electrons. The maximum Gasteiger partial charge on any atom is 0.218 e. The molecule has 6 heteroatoms. The number of tetrazole rings is 1. The molecule has 1 aromatic heterocycles. The molecule has 0 saturated carbocycles. The lowest BCUT2D eigenvalue weighted by molar-refractivity contribution is 0.756. The first-order valence-electron chi connectivity index (χ1n) is 6.12. The van der Waals surface area contributed by atoms with Crippen molar-refractivity contribution < 1.29 is 0 Å². The molecule has 3 rings (SSSR count). The molecule has 1 heterocycles. The van der Waals surface area contributed by atoms with E-state index < -0.39 is 0 Å². The van der Waals surface area contributed by atoms with E-state index in [0.717, 1.165) is 27.0 Å². The summed E-state index contributed by atoms with van der Waals surface area (Å²) in [6.07, 6.45) is 0. The van der Waals surface area contributed by atoms with Crippen LogP contribution in [-0.4, -0.2) is 20.2 Å². The Morgan fingerprint density at radius 1 is 1.10 bits per heavy atom. The van der Waals surface area contributed by atoms with Gasteiger partial charge in [-0.2, -0.15) is 4.68 Å². The van der Waals surface area contributed by atoms with Crippen LogP contribution in [-0.2, 0) is 0 Å². The van der Waals surface area contributed by atoms with Crippen LogP contribution in [0.1, 0.15) is 5.56 Å². The Labute approximate surface area is 120 Å². The van der Waals surface area contributed by atoms with E-state index in [2.05, 4.69) is 15.5 Å². The van der Waals surface area contributed by atoms with E-state index in [1.165, 1.54) is 11.8 Å². The second kappa shape index (κ2) is 5.34. The van der Waals surface area contributed by atoms with Crippen LogP contribution in [0.25, 0.3) is 5.69 Å². The number of aryl methyl sites for hydroxylation is 1. The fourth-order valence-corrected chi connectivity index (χ4v) is 2.68. The second-order valence-electron chi connectivity index (χ2n) is 4.33. The molecule has 3 aromatic rings. The summed E-state index contributed by atoms with van der Waals surface area (Å²) < 4.78 is 1.72. The third-order valence-electron chi connectivity index (χ3n) is 2.89. The molecule has 0 fully saturated rings. The zero-order valence-electron chi connectivity index (χ0n) is 10.9. The SMILES string of the molecule is Cc1cc(Sc2nnnn2-c2ccccc2)ccc1N. The predicted octanol–water partition coefficient (Wildman–Crippen LogP) is 2.70. The lowest BCUT2D eigenvalue weighted by Gasteiger charge is -2.05. The third-order valence-corrected chi connectivity index (χ3v) is 3.82. The number of hydrogen-bond donors (Lipinski definition) is 1. The number of para-hydroxylation sites is 1. The van der Waals surface area contributed by atoms with Gasteiger partial charge in [-0.05, 0) is 65.0 Å². The minimum atomic E-state index is 0.723. The molecule has 0 radical (unpaired) electrons. The van der Waals surface area contributed by atoms with Gasteiger partial charge in [-0.3, -0.25) is 0 Å². The number of aromatic nitrogens is 4. The highest BCUT2D eigenvalue weighted by Crippen LogP contribution is 2.28. The maximum atomic E-state index is 5.83. The van der Waals surface area contributed by atoms with Crippen LogP contribution in [0.15, 0.2) is 58.6 Å². The van der Waals surface area contributed by atoms with Gasteiger partial charge in [-0.1, -0.05) is 18.2 Å². The van der Waals surface area contributed by atoms with Crippen molar-refractivity contribution >= 4 is 17.4 Å². The third kappa shape index (κ3) is 2.50. The molecule has 20 heavy (non-hydrogen) atoms. The van der Waals surface area contributed by atoms with Gasteiger partial charge in [0, 0.05) is 10.6 Å². The normalized spacial score (nSPS) is 10.7. The number of nitrogens with zero attached hydrogens (tertiary/aromatic N) is 4. The van der Waals surface area contributed by atoms with Gasteiger partial charge in [0.15, 0.2) is 0 Å². The summed E-state index contributed by atoms with van der Waals surface area (Å²) in [7, 11) is 0. The van der Waals surface area contributed by atoms with E-state index in [1.54, 1.807) is 4.68 Å². The van der Waals surface area contributed by atoms with Crippen molar-refractivity contribution in [3.8, 4) is 5.69 Å². The van der Waals surface area contributed by atoms with Crippen LogP contribution in [0.3, 0.4) is 0 Å². The average Bonchev–Trinajstić information content (AvgIpc) is 2.92. The van der Waals surface area contributed by atoms with Gasteiger partial charge >= 0.3 is 0 Å². The lowest BCUT2D eigenvalue weighted by Crippen LogP contribution is -1.98. The van der Waals surface area contributed by atoms with Gasteiger partial charge < -0.3 is 5.73 Å². The van der Waals surface area contributed by atoms with E-state index >= 15 is 0 Å². The molecule has 0 atom stereocenters. The van der Waals surface area contributed by atoms with E-state index in [0.29, 0.717) is 0 Å². The topological polar surface area (TPSA) is 69.6 Å². The summed E-state index contributed by atoms with van der Waals surface area (Å²) in [5.41, 5.74) is 8.60. The van der Waals surface area contributed by atoms with Gasteiger partial charge in [0.1, 0.15) is 0 Å². The number of anilines is 1. The molecule has 0 bridgehead atoms. The monoisotopic (exact) mass is 283 g/mol.